The first kappa shape index (κ1) is 16.2. The van der Waals surface area contributed by atoms with Gasteiger partial charge in [0, 0.05) is 7.05 Å². The van der Waals surface area contributed by atoms with Crippen molar-refractivity contribution in [3.8, 4) is 0 Å². The van der Waals surface area contributed by atoms with Crippen LogP contribution in [0.4, 0.5) is 0 Å². The molecule has 2 rings (SSSR count). The van der Waals surface area contributed by atoms with Crippen molar-refractivity contribution in [1.82, 2.24) is 20.1 Å². The van der Waals surface area contributed by atoms with Gasteiger partial charge in [-0.2, -0.15) is 0 Å². The second kappa shape index (κ2) is 6.27. The summed E-state index contributed by atoms with van der Waals surface area (Å²) in [6.45, 7) is 3.75. The molecular weight excluding hydrogens is 304 g/mol. The zero-order valence-electron chi connectivity index (χ0n) is 12.6. The predicted octanol–water partition coefficient (Wildman–Crippen LogP) is 0.775. The maximum absolute atomic E-state index is 12.1. The molecule has 0 saturated carbocycles. The summed E-state index contributed by atoms with van der Waals surface area (Å²) in [7, 11) is -2.29. The zero-order chi connectivity index (χ0) is 16.3. The van der Waals surface area contributed by atoms with Crippen LogP contribution in [0.25, 0.3) is 0 Å². The Hall–Kier alpha value is -2.22. The average molecular weight is 322 g/mol. The fourth-order valence-electron chi connectivity index (χ4n) is 2.22. The van der Waals surface area contributed by atoms with E-state index in [0.717, 1.165) is 11.1 Å². The lowest BCUT2D eigenvalue weighted by Crippen LogP contribution is -2.33. The number of nitrogens with one attached hydrogen (secondary N) is 1. The van der Waals surface area contributed by atoms with Crippen LogP contribution in [0.5, 0.6) is 0 Å². The van der Waals surface area contributed by atoms with Gasteiger partial charge in [-0.15, -0.1) is 10.2 Å². The number of aromatic nitrogens is 3. The Labute approximate surface area is 129 Å². The van der Waals surface area contributed by atoms with Gasteiger partial charge in [0.1, 0.15) is 12.1 Å². The van der Waals surface area contributed by atoms with Gasteiger partial charge in [-0.25, -0.2) is 8.42 Å². The highest BCUT2D eigenvalue weighted by Crippen LogP contribution is 2.16. The molecule has 1 heterocycles. The maximum atomic E-state index is 12.1. The van der Waals surface area contributed by atoms with E-state index in [1.807, 2.05) is 38.1 Å². The lowest BCUT2D eigenvalue weighted by Gasteiger charge is -2.16. The monoisotopic (exact) mass is 322 g/mol. The van der Waals surface area contributed by atoms with Crippen molar-refractivity contribution in [2.45, 2.75) is 25.0 Å². The number of amides is 1. The molecule has 0 spiro atoms. The first-order valence-corrected chi connectivity index (χ1v) is 8.38. The molecule has 8 heteroatoms. The molecule has 0 unspecified atom stereocenters. The molecule has 0 radical (unpaired) electrons. The third-order valence-corrected chi connectivity index (χ3v) is 4.87. The van der Waals surface area contributed by atoms with Crippen molar-refractivity contribution >= 4 is 15.7 Å². The van der Waals surface area contributed by atoms with Crippen molar-refractivity contribution in [2.75, 3.05) is 5.75 Å². The van der Waals surface area contributed by atoms with Crippen LogP contribution < -0.4 is 5.32 Å². The topological polar surface area (TPSA) is 93.9 Å². The van der Waals surface area contributed by atoms with Gasteiger partial charge in [-0.05, 0) is 25.0 Å². The Morgan fingerprint density at radius 2 is 2.05 bits per heavy atom. The molecule has 0 aliphatic rings. The summed E-state index contributed by atoms with van der Waals surface area (Å²) in [4.78, 5) is 12.0. The van der Waals surface area contributed by atoms with Gasteiger partial charge < -0.3 is 9.88 Å². The van der Waals surface area contributed by atoms with Crippen LogP contribution in [0.15, 0.2) is 35.7 Å². The Morgan fingerprint density at radius 3 is 2.64 bits per heavy atom. The summed E-state index contributed by atoms with van der Waals surface area (Å²) < 4.78 is 25.5. The van der Waals surface area contributed by atoms with E-state index in [1.165, 1.54) is 17.9 Å². The van der Waals surface area contributed by atoms with E-state index < -0.39 is 21.5 Å². The molecule has 1 amide bonds. The second-order valence-corrected chi connectivity index (χ2v) is 7.01. The number of sulfone groups is 1. The van der Waals surface area contributed by atoms with Gasteiger partial charge in [-0.3, -0.25) is 4.79 Å². The molecule has 0 saturated heterocycles. The minimum atomic E-state index is -3.81. The molecule has 1 aromatic heterocycles. The molecule has 0 aliphatic carbocycles. The van der Waals surface area contributed by atoms with Crippen molar-refractivity contribution in [1.29, 1.82) is 0 Å². The number of benzene rings is 1. The second-order valence-electron chi connectivity index (χ2n) is 5.13. The lowest BCUT2D eigenvalue weighted by molar-refractivity contribution is -0.119. The van der Waals surface area contributed by atoms with Gasteiger partial charge in [0.25, 0.3) is 0 Å². The highest BCUT2D eigenvalue weighted by molar-refractivity contribution is 7.91. The molecular formula is C14H18N4O3S. The van der Waals surface area contributed by atoms with Crippen LogP contribution in [0.3, 0.4) is 0 Å². The fourth-order valence-corrected chi connectivity index (χ4v) is 3.44. The van der Waals surface area contributed by atoms with E-state index in [1.54, 1.807) is 0 Å². The molecule has 118 valence electrons. The minimum absolute atomic E-state index is 0.216. The Bertz CT molecular complexity index is 783. The predicted molar refractivity (Wildman–Crippen MR) is 80.8 cm³/mol. The number of carbonyl (C=O) groups is 1. The molecule has 7 nitrogen and oxygen atoms in total. The van der Waals surface area contributed by atoms with E-state index in [0.29, 0.717) is 0 Å². The van der Waals surface area contributed by atoms with Gasteiger partial charge in [0.2, 0.25) is 20.9 Å². The van der Waals surface area contributed by atoms with E-state index in [2.05, 4.69) is 15.5 Å². The van der Waals surface area contributed by atoms with Crippen LogP contribution in [0, 0.1) is 6.92 Å². The normalized spacial score (nSPS) is 12.9. The van der Waals surface area contributed by atoms with E-state index in [4.69, 9.17) is 0 Å². The highest BCUT2D eigenvalue weighted by atomic mass is 32.2. The van der Waals surface area contributed by atoms with Crippen molar-refractivity contribution in [2.24, 2.45) is 7.05 Å². The van der Waals surface area contributed by atoms with Gasteiger partial charge in [-0.1, -0.05) is 24.3 Å². The SMILES string of the molecule is Cc1ccccc1[C@H](C)NC(=O)CS(=O)(=O)c1nncn1C. The van der Waals surface area contributed by atoms with Crippen molar-refractivity contribution in [3.63, 3.8) is 0 Å². The molecule has 0 bridgehead atoms. The Kier molecular flexibility index (Phi) is 4.60. The van der Waals surface area contributed by atoms with Crippen LogP contribution in [-0.2, 0) is 21.7 Å². The van der Waals surface area contributed by atoms with Gasteiger partial charge in [0.15, 0.2) is 0 Å². The molecule has 0 aliphatic heterocycles. The fraction of sp³-hybridized carbons (Fsp3) is 0.357. The van der Waals surface area contributed by atoms with E-state index >= 15 is 0 Å². The summed E-state index contributed by atoms with van der Waals surface area (Å²) in [5.41, 5.74) is 1.98. The molecule has 22 heavy (non-hydrogen) atoms. The highest BCUT2D eigenvalue weighted by Gasteiger charge is 2.25. The Morgan fingerprint density at radius 1 is 1.36 bits per heavy atom. The number of aryl methyl sites for hydroxylation is 2. The number of carbonyl (C=O) groups excluding carboxylic acids is 1. The average Bonchev–Trinajstić information content (AvgIpc) is 2.85. The summed E-state index contributed by atoms with van der Waals surface area (Å²) in [6.07, 6.45) is 1.28. The van der Waals surface area contributed by atoms with Gasteiger partial charge >= 0.3 is 0 Å². The zero-order valence-corrected chi connectivity index (χ0v) is 13.5. The first-order valence-electron chi connectivity index (χ1n) is 6.73. The molecule has 1 aromatic carbocycles. The van der Waals surface area contributed by atoms with E-state index in [-0.39, 0.29) is 11.2 Å². The third-order valence-electron chi connectivity index (χ3n) is 3.30. The Balaban J connectivity index is 2.08. The van der Waals surface area contributed by atoms with E-state index in [9.17, 15) is 13.2 Å². The quantitative estimate of drug-likeness (QED) is 0.877. The summed E-state index contributed by atoms with van der Waals surface area (Å²) >= 11 is 0. The summed E-state index contributed by atoms with van der Waals surface area (Å²) in [6, 6.07) is 7.35. The lowest BCUT2D eigenvalue weighted by atomic mass is 10.0. The third kappa shape index (κ3) is 3.51. The number of hydrogen-bond donors (Lipinski definition) is 1. The largest absolute Gasteiger partial charge is 0.349 e. The molecule has 1 atom stereocenters. The summed E-state index contributed by atoms with van der Waals surface area (Å²) in [5, 5.41) is 9.54. The van der Waals surface area contributed by atoms with Crippen molar-refractivity contribution < 1.29 is 13.2 Å². The van der Waals surface area contributed by atoms with Crippen LogP contribution in [0.2, 0.25) is 0 Å². The van der Waals surface area contributed by atoms with Crippen LogP contribution >= 0.6 is 0 Å². The van der Waals surface area contributed by atoms with Gasteiger partial charge in [0.05, 0.1) is 6.04 Å². The maximum Gasteiger partial charge on any atom is 0.249 e. The number of rotatable bonds is 5. The molecule has 2 aromatic rings. The minimum Gasteiger partial charge on any atom is -0.349 e. The van der Waals surface area contributed by atoms with Crippen LogP contribution in [-0.4, -0.2) is 34.8 Å². The molecule has 0 fully saturated rings. The smallest absolute Gasteiger partial charge is 0.249 e. The number of hydrogen-bond acceptors (Lipinski definition) is 5. The summed E-state index contributed by atoms with van der Waals surface area (Å²) in [5.74, 6) is -1.23. The molecule has 1 N–H and O–H groups in total. The first-order chi connectivity index (χ1) is 10.3. The number of nitrogens with zero attached hydrogens (tertiary/aromatic N) is 3. The van der Waals surface area contributed by atoms with Crippen LogP contribution in [0.1, 0.15) is 24.1 Å². The standard InChI is InChI=1S/C14H18N4O3S/c1-10-6-4-5-7-12(10)11(2)16-13(19)8-22(20,21)14-17-15-9-18(14)3/h4-7,9,11H,8H2,1-3H3,(H,16,19)/t11-/m0/s1. The van der Waals surface area contributed by atoms with Crippen molar-refractivity contribution in [3.05, 3.63) is 41.7 Å².